The van der Waals surface area contributed by atoms with Gasteiger partial charge in [-0.05, 0) is 42.1 Å². The van der Waals surface area contributed by atoms with Crippen LogP contribution < -0.4 is 5.32 Å². The van der Waals surface area contributed by atoms with Gasteiger partial charge in [0.15, 0.2) is 0 Å². The first kappa shape index (κ1) is 13.6. The zero-order valence-electron chi connectivity index (χ0n) is 12.9. The van der Waals surface area contributed by atoms with Crippen molar-refractivity contribution in [1.82, 2.24) is 5.32 Å². The third-order valence-corrected chi connectivity index (χ3v) is 4.63. The second-order valence-electron chi connectivity index (χ2n) is 6.46. The van der Waals surface area contributed by atoms with Crippen LogP contribution in [0.25, 0.3) is 10.8 Å². The van der Waals surface area contributed by atoms with Crippen molar-refractivity contribution in [1.29, 1.82) is 0 Å². The first-order chi connectivity index (χ1) is 9.69. The largest absolute Gasteiger partial charge is 0.316 e. The highest BCUT2D eigenvalue weighted by Gasteiger charge is 2.57. The number of benzene rings is 2. The number of piperidine rings is 1. The van der Waals surface area contributed by atoms with Crippen LogP contribution in [0, 0.1) is 12.8 Å². The molecule has 0 bridgehead atoms. The van der Waals surface area contributed by atoms with Crippen LogP contribution in [0.3, 0.4) is 0 Å². The third kappa shape index (κ3) is 2.25. The fraction of sp³-hybridized carbons (Fsp3) is 0.474. The highest BCUT2D eigenvalue weighted by Crippen LogP contribution is 2.56. The zero-order chi connectivity index (χ0) is 14.2. The smallest absolute Gasteiger partial charge is 0.0122 e. The van der Waals surface area contributed by atoms with Gasteiger partial charge in [0.05, 0.1) is 0 Å². The Bertz CT molecular complexity index is 616. The van der Waals surface area contributed by atoms with E-state index in [1.807, 2.05) is 0 Å². The minimum Gasteiger partial charge on any atom is -0.316 e. The van der Waals surface area contributed by atoms with Gasteiger partial charge in [0.1, 0.15) is 0 Å². The number of nitrogens with one attached hydrogen (secondary N) is 1. The quantitative estimate of drug-likeness (QED) is 0.806. The molecule has 2 fully saturated rings. The maximum Gasteiger partial charge on any atom is 0.0122 e. The molecule has 1 N–H and O–H groups in total. The van der Waals surface area contributed by atoms with Gasteiger partial charge in [-0.2, -0.15) is 0 Å². The van der Waals surface area contributed by atoms with Crippen LogP contribution in [0.1, 0.15) is 37.8 Å². The summed E-state index contributed by atoms with van der Waals surface area (Å²) in [5.74, 6) is 0.894. The lowest BCUT2D eigenvalue weighted by molar-refractivity contribution is 0.676. The van der Waals surface area contributed by atoms with Gasteiger partial charge >= 0.3 is 0 Å². The average Bonchev–Trinajstić information content (AvgIpc) is 3.01. The summed E-state index contributed by atoms with van der Waals surface area (Å²) in [6.07, 6.45) is 2.64. The maximum atomic E-state index is 3.52. The van der Waals surface area contributed by atoms with E-state index in [2.05, 4.69) is 62.5 Å². The van der Waals surface area contributed by atoms with E-state index in [1.54, 1.807) is 5.56 Å². The van der Waals surface area contributed by atoms with E-state index < -0.39 is 0 Å². The molecule has 2 atom stereocenters. The van der Waals surface area contributed by atoms with Gasteiger partial charge < -0.3 is 5.32 Å². The summed E-state index contributed by atoms with van der Waals surface area (Å²) < 4.78 is 0. The first-order valence-electron chi connectivity index (χ1n) is 7.91. The highest BCUT2D eigenvalue weighted by molar-refractivity contribution is 5.84. The van der Waals surface area contributed by atoms with Crippen LogP contribution in [0.4, 0.5) is 0 Å². The van der Waals surface area contributed by atoms with Crippen LogP contribution in [-0.4, -0.2) is 13.1 Å². The Kier molecular flexibility index (Phi) is 3.55. The van der Waals surface area contributed by atoms with Gasteiger partial charge in [-0.1, -0.05) is 62.2 Å². The fourth-order valence-corrected chi connectivity index (χ4v) is 3.46. The summed E-state index contributed by atoms with van der Waals surface area (Å²) >= 11 is 0. The Morgan fingerprint density at radius 3 is 2.45 bits per heavy atom. The number of fused-ring (bicyclic) bond motifs is 2. The molecule has 2 unspecified atom stereocenters. The molecule has 0 spiro atoms. The number of hydrogen-bond donors (Lipinski definition) is 1. The lowest BCUT2D eigenvalue weighted by Gasteiger charge is -2.13. The third-order valence-electron chi connectivity index (χ3n) is 4.63. The van der Waals surface area contributed by atoms with E-state index in [0.717, 1.165) is 5.92 Å². The summed E-state index contributed by atoms with van der Waals surface area (Å²) in [5, 5.41) is 6.28. The van der Waals surface area contributed by atoms with Gasteiger partial charge in [0.2, 0.25) is 0 Å². The lowest BCUT2D eigenvalue weighted by Crippen LogP contribution is -2.19. The Morgan fingerprint density at radius 1 is 1.10 bits per heavy atom. The van der Waals surface area contributed by atoms with Crippen molar-refractivity contribution >= 4 is 10.8 Å². The highest BCUT2D eigenvalue weighted by atomic mass is 15.0. The Morgan fingerprint density at radius 2 is 1.80 bits per heavy atom. The second kappa shape index (κ2) is 5.21. The molecule has 1 saturated carbocycles. The summed E-state index contributed by atoms with van der Waals surface area (Å²) in [5.41, 5.74) is 3.37. The van der Waals surface area contributed by atoms with Crippen LogP contribution in [0.5, 0.6) is 0 Å². The number of rotatable bonds is 1. The van der Waals surface area contributed by atoms with E-state index >= 15 is 0 Å². The van der Waals surface area contributed by atoms with Gasteiger partial charge in [0.25, 0.3) is 0 Å². The van der Waals surface area contributed by atoms with E-state index in [9.17, 15) is 0 Å². The minimum atomic E-state index is 0.485. The molecule has 2 aromatic carbocycles. The van der Waals surface area contributed by atoms with Crippen LogP contribution in [-0.2, 0) is 5.41 Å². The van der Waals surface area contributed by atoms with Crippen molar-refractivity contribution in [2.24, 2.45) is 5.92 Å². The van der Waals surface area contributed by atoms with E-state index in [0.29, 0.717) is 5.41 Å². The zero-order valence-corrected chi connectivity index (χ0v) is 12.9. The number of aryl methyl sites for hydroxylation is 1. The van der Waals surface area contributed by atoms with Gasteiger partial charge in [0, 0.05) is 12.0 Å². The first-order valence-corrected chi connectivity index (χ1v) is 7.91. The molecule has 2 aliphatic rings. The molecule has 2 aromatic rings. The summed E-state index contributed by atoms with van der Waals surface area (Å²) in [7, 11) is 0. The molecule has 1 nitrogen and oxygen atoms in total. The lowest BCUT2D eigenvalue weighted by atomic mass is 9.92. The molecule has 1 saturated heterocycles. The molecule has 1 heteroatoms. The van der Waals surface area contributed by atoms with Crippen molar-refractivity contribution in [3.63, 3.8) is 0 Å². The standard InChI is InChI=1S/C16H17N.C3H8/c1-11-2-3-13-7-14(5-4-12(13)6-11)16-8-15(16)9-17-10-16;1-3-2/h2-7,15,17H,8-10H2,1H3;3H2,1-2H3. The second-order valence-corrected chi connectivity index (χ2v) is 6.46. The van der Waals surface area contributed by atoms with E-state index in [4.69, 9.17) is 0 Å². The van der Waals surface area contributed by atoms with Crippen molar-refractivity contribution in [2.75, 3.05) is 13.1 Å². The predicted octanol–water partition coefficient (Wildman–Crippen LogP) is 4.43. The van der Waals surface area contributed by atoms with Gasteiger partial charge in [-0.15, -0.1) is 0 Å². The van der Waals surface area contributed by atoms with Crippen molar-refractivity contribution in [2.45, 2.75) is 39.0 Å². The molecule has 1 heterocycles. The molecular weight excluding hydrogens is 242 g/mol. The van der Waals surface area contributed by atoms with E-state index in [1.165, 1.54) is 42.3 Å². The minimum absolute atomic E-state index is 0.485. The Balaban J connectivity index is 0.000000373. The maximum absolute atomic E-state index is 3.52. The van der Waals surface area contributed by atoms with Crippen molar-refractivity contribution in [3.05, 3.63) is 47.5 Å². The van der Waals surface area contributed by atoms with E-state index in [-0.39, 0.29) is 0 Å². The summed E-state index contributed by atoms with van der Waals surface area (Å²) in [4.78, 5) is 0. The predicted molar refractivity (Wildman–Crippen MR) is 87.3 cm³/mol. The molecule has 20 heavy (non-hydrogen) atoms. The van der Waals surface area contributed by atoms with Crippen LogP contribution in [0.2, 0.25) is 0 Å². The average molecular weight is 267 g/mol. The summed E-state index contributed by atoms with van der Waals surface area (Å²) in [6.45, 7) is 8.80. The topological polar surface area (TPSA) is 12.0 Å². The molecule has 1 aliphatic heterocycles. The molecule has 0 amide bonds. The van der Waals surface area contributed by atoms with Gasteiger partial charge in [-0.25, -0.2) is 0 Å². The Labute approximate surface area is 122 Å². The molecule has 1 aliphatic carbocycles. The molecular formula is C19H25N. The fourth-order valence-electron chi connectivity index (χ4n) is 3.46. The molecule has 106 valence electrons. The van der Waals surface area contributed by atoms with Crippen LogP contribution in [0.15, 0.2) is 36.4 Å². The molecule has 0 radical (unpaired) electrons. The van der Waals surface area contributed by atoms with Gasteiger partial charge in [-0.3, -0.25) is 0 Å². The van der Waals surface area contributed by atoms with Crippen LogP contribution >= 0.6 is 0 Å². The Hall–Kier alpha value is -1.34. The number of hydrogen-bond acceptors (Lipinski definition) is 1. The normalized spacial score (nSPS) is 26.9. The van der Waals surface area contributed by atoms with Crippen molar-refractivity contribution in [3.8, 4) is 0 Å². The molecule has 4 rings (SSSR count). The summed E-state index contributed by atoms with van der Waals surface area (Å²) in [6, 6.07) is 13.8. The SMILES string of the molecule is CCC.Cc1ccc2cc(C34CNCC3C4)ccc2c1. The van der Waals surface area contributed by atoms with Crippen molar-refractivity contribution < 1.29 is 0 Å². The molecule has 0 aromatic heterocycles. The monoisotopic (exact) mass is 267 g/mol.